The minimum absolute atomic E-state index is 0.234. The normalized spacial score (nSPS) is 14.3. The molecule has 0 amide bonds. The molecule has 0 saturated carbocycles. The van der Waals surface area contributed by atoms with Crippen LogP contribution in [0, 0.1) is 0 Å². The molecule has 0 aliphatic carbocycles. The van der Waals surface area contributed by atoms with Crippen LogP contribution in [0.3, 0.4) is 0 Å². The zero-order valence-electron chi connectivity index (χ0n) is 18.8. The second-order valence-corrected chi connectivity index (χ2v) is 8.37. The molecule has 4 heterocycles. The van der Waals surface area contributed by atoms with E-state index in [1.165, 1.54) is 5.56 Å². The van der Waals surface area contributed by atoms with Crippen molar-refractivity contribution in [3.8, 4) is 5.75 Å². The first-order chi connectivity index (χ1) is 16.1. The summed E-state index contributed by atoms with van der Waals surface area (Å²) in [5.41, 5.74) is 9.37. The molecule has 33 heavy (non-hydrogen) atoms. The highest BCUT2D eigenvalue weighted by Gasteiger charge is 2.24. The van der Waals surface area contributed by atoms with Crippen molar-refractivity contribution in [2.24, 2.45) is 0 Å². The minimum Gasteiger partial charge on any atom is -0.483 e. The van der Waals surface area contributed by atoms with E-state index in [2.05, 4.69) is 50.7 Å². The van der Waals surface area contributed by atoms with E-state index in [1.54, 1.807) is 18.5 Å². The molecule has 0 spiro atoms. The molecule has 4 aromatic rings. The molecule has 5 rings (SSSR count). The second-order valence-electron chi connectivity index (χ2n) is 8.37. The van der Waals surface area contributed by atoms with Gasteiger partial charge >= 0.3 is 0 Å². The molecule has 1 saturated heterocycles. The minimum atomic E-state index is 0.234. The fourth-order valence-corrected chi connectivity index (χ4v) is 3.91. The van der Waals surface area contributed by atoms with E-state index in [4.69, 9.17) is 19.9 Å². The van der Waals surface area contributed by atoms with E-state index in [9.17, 15) is 0 Å². The number of fused-ring (bicyclic) bond motifs is 1. The van der Waals surface area contributed by atoms with Crippen LogP contribution in [-0.2, 0) is 6.61 Å². The lowest BCUT2D eigenvalue weighted by Crippen LogP contribution is -2.47. The predicted octanol–water partition coefficient (Wildman–Crippen LogP) is 3.62. The van der Waals surface area contributed by atoms with Crippen LogP contribution in [-0.4, -0.2) is 46.1 Å². The van der Waals surface area contributed by atoms with Gasteiger partial charge in [-0.1, -0.05) is 19.9 Å². The Hall–Kier alpha value is -3.88. The van der Waals surface area contributed by atoms with E-state index < -0.39 is 0 Å². The average Bonchev–Trinajstić information content (AvgIpc) is 3.27. The van der Waals surface area contributed by atoms with Crippen LogP contribution in [0.4, 0.5) is 17.8 Å². The van der Waals surface area contributed by atoms with Gasteiger partial charge in [-0.15, -0.1) is 0 Å². The van der Waals surface area contributed by atoms with Gasteiger partial charge in [-0.2, -0.15) is 4.98 Å². The molecule has 2 N–H and O–H groups in total. The van der Waals surface area contributed by atoms with Crippen molar-refractivity contribution in [2.75, 3.05) is 41.7 Å². The molecule has 1 fully saturated rings. The maximum atomic E-state index is 6.09. The highest BCUT2D eigenvalue weighted by atomic mass is 16.5. The number of nitrogens with zero attached hydrogens (tertiary/aromatic N) is 6. The third kappa shape index (κ3) is 4.52. The van der Waals surface area contributed by atoms with E-state index in [-0.39, 0.29) is 5.95 Å². The summed E-state index contributed by atoms with van der Waals surface area (Å²) in [5.74, 6) is 2.22. The molecule has 3 aromatic heterocycles. The number of aromatic nitrogens is 4. The van der Waals surface area contributed by atoms with Gasteiger partial charge in [-0.05, 0) is 41.8 Å². The maximum Gasteiger partial charge on any atom is 0.298 e. The Morgan fingerprint density at radius 2 is 1.82 bits per heavy atom. The molecule has 170 valence electrons. The molecule has 1 aliphatic rings. The van der Waals surface area contributed by atoms with Gasteiger partial charge < -0.3 is 24.7 Å². The van der Waals surface area contributed by atoms with Gasteiger partial charge in [0.05, 0.1) is 5.69 Å². The van der Waals surface area contributed by atoms with Gasteiger partial charge in [-0.3, -0.25) is 0 Å². The number of benzene rings is 1. The SMILES string of the molecule is CC(C)c1ccc2nc(N3CCN(c4ncccc4OCc4ccnc(N)n4)CC3)oc2c1. The lowest BCUT2D eigenvalue weighted by atomic mass is 10.0. The summed E-state index contributed by atoms with van der Waals surface area (Å²) in [6.07, 6.45) is 3.41. The number of anilines is 3. The first-order valence-electron chi connectivity index (χ1n) is 11.1. The van der Waals surface area contributed by atoms with Gasteiger partial charge in [0.2, 0.25) is 5.95 Å². The standard InChI is InChI=1S/C24H27N7O2/c1-16(2)17-5-6-19-21(14-17)33-24(29-19)31-12-10-30(11-13-31)22-20(4-3-8-26-22)32-15-18-7-9-27-23(25)28-18/h3-9,14,16H,10-13,15H2,1-2H3,(H2,25,27,28). The van der Waals surface area contributed by atoms with Crippen molar-refractivity contribution < 1.29 is 9.15 Å². The van der Waals surface area contributed by atoms with Crippen LogP contribution in [0.5, 0.6) is 5.75 Å². The van der Waals surface area contributed by atoms with E-state index in [0.717, 1.165) is 48.8 Å². The van der Waals surface area contributed by atoms with Crippen LogP contribution in [0.2, 0.25) is 0 Å². The van der Waals surface area contributed by atoms with Crippen LogP contribution in [0.25, 0.3) is 11.1 Å². The smallest absolute Gasteiger partial charge is 0.298 e. The Morgan fingerprint density at radius 1 is 1.00 bits per heavy atom. The van der Waals surface area contributed by atoms with E-state index >= 15 is 0 Å². The summed E-state index contributed by atoms with van der Waals surface area (Å²) in [7, 11) is 0. The van der Waals surface area contributed by atoms with Crippen molar-refractivity contribution in [3.05, 3.63) is 60.0 Å². The van der Waals surface area contributed by atoms with Crippen molar-refractivity contribution in [1.29, 1.82) is 0 Å². The summed E-state index contributed by atoms with van der Waals surface area (Å²) in [5, 5.41) is 0. The molecule has 1 aliphatic heterocycles. The lowest BCUT2D eigenvalue weighted by Gasteiger charge is -2.35. The molecule has 1 aromatic carbocycles. The first-order valence-corrected chi connectivity index (χ1v) is 11.1. The fraction of sp³-hybridized carbons (Fsp3) is 0.333. The molecular weight excluding hydrogens is 418 g/mol. The average molecular weight is 446 g/mol. The number of pyridine rings is 1. The maximum absolute atomic E-state index is 6.09. The first kappa shape index (κ1) is 21.0. The highest BCUT2D eigenvalue weighted by molar-refractivity contribution is 5.75. The third-order valence-corrected chi connectivity index (χ3v) is 5.78. The molecular formula is C24H27N7O2. The Kier molecular flexibility index (Phi) is 5.68. The number of nitrogen functional groups attached to an aromatic ring is 1. The van der Waals surface area contributed by atoms with Crippen molar-refractivity contribution in [2.45, 2.75) is 26.4 Å². The molecule has 9 heteroatoms. The van der Waals surface area contributed by atoms with Gasteiger partial charge in [-0.25, -0.2) is 15.0 Å². The fourth-order valence-electron chi connectivity index (χ4n) is 3.91. The predicted molar refractivity (Wildman–Crippen MR) is 128 cm³/mol. The molecule has 0 radical (unpaired) electrons. The summed E-state index contributed by atoms with van der Waals surface area (Å²) in [6.45, 7) is 7.78. The number of oxazole rings is 1. The Labute approximate surface area is 192 Å². The number of nitrogens with two attached hydrogens (primary N) is 1. The van der Waals surface area contributed by atoms with Crippen LogP contribution >= 0.6 is 0 Å². The molecule has 0 bridgehead atoms. The number of piperazine rings is 1. The summed E-state index contributed by atoms with van der Waals surface area (Å²) < 4.78 is 12.1. The Morgan fingerprint density at radius 3 is 2.61 bits per heavy atom. The van der Waals surface area contributed by atoms with Crippen LogP contribution in [0.1, 0.15) is 31.0 Å². The number of hydrogen-bond donors (Lipinski definition) is 1. The summed E-state index contributed by atoms with van der Waals surface area (Å²) >= 11 is 0. The monoisotopic (exact) mass is 445 g/mol. The topological polar surface area (TPSA) is 106 Å². The zero-order chi connectivity index (χ0) is 22.8. The third-order valence-electron chi connectivity index (χ3n) is 5.78. The van der Waals surface area contributed by atoms with Gasteiger partial charge in [0.15, 0.2) is 17.2 Å². The van der Waals surface area contributed by atoms with Crippen molar-refractivity contribution in [3.63, 3.8) is 0 Å². The Balaban J connectivity index is 1.26. The van der Waals surface area contributed by atoms with Crippen LogP contribution in [0.15, 0.2) is 53.2 Å². The van der Waals surface area contributed by atoms with Gasteiger partial charge in [0.1, 0.15) is 12.1 Å². The second kappa shape index (κ2) is 8.93. The van der Waals surface area contributed by atoms with E-state index in [1.807, 2.05) is 18.2 Å². The number of rotatable bonds is 6. The van der Waals surface area contributed by atoms with Crippen LogP contribution < -0.4 is 20.3 Å². The molecule has 0 atom stereocenters. The summed E-state index contributed by atoms with van der Waals surface area (Å²) in [4.78, 5) is 21.8. The zero-order valence-corrected chi connectivity index (χ0v) is 18.8. The van der Waals surface area contributed by atoms with Gasteiger partial charge in [0.25, 0.3) is 6.01 Å². The van der Waals surface area contributed by atoms with Crippen molar-refractivity contribution in [1.82, 2.24) is 19.9 Å². The quantitative estimate of drug-likeness (QED) is 0.476. The Bertz CT molecular complexity index is 1250. The molecule has 0 unspecified atom stereocenters. The molecule has 9 nitrogen and oxygen atoms in total. The largest absolute Gasteiger partial charge is 0.483 e. The van der Waals surface area contributed by atoms with Crippen molar-refractivity contribution >= 4 is 28.9 Å². The number of hydrogen-bond acceptors (Lipinski definition) is 9. The highest BCUT2D eigenvalue weighted by Crippen LogP contribution is 2.29. The van der Waals surface area contributed by atoms with E-state index in [0.29, 0.717) is 24.3 Å². The lowest BCUT2D eigenvalue weighted by molar-refractivity contribution is 0.300. The van der Waals surface area contributed by atoms with Gasteiger partial charge in [0, 0.05) is 38.6 Å². The summed E-state index contributed by atoms with van der Waals surface area (Å²) in [6, 6.07) is 12.5. The number of ether oxygens (including phenoxy) is 1.